The Labute approximate surface area is 204 Å². The predicted octanol–water partition coefficient (Wildman–Crippen LogP) is 3.91. The summed E-state index contributed by atoms with van der Waals surface area (Å²) in [6.07, 6.45) is 8.53. The zero-order valence-electron chi connectivity index (χ0n) is 21.6. The lowest BCUT2D eigenvalue weighted by Crippen LogP contribution is -2.53. The van der Waals surface area contributed by atoms with Gasteiger partial charge in [-0.1, -0.05) is 39.3 Å². The molecular formula is C24H43N3O6Si. The molecule has 194 valence electrons. The Kier molecular flexibility index (Phi) is 10.1. The van der Waals surface area contributed by atoms with Crippen LogP contribution < -0.4 is 5.32 Å². The number of hydroxylamine groups is 2. The summed E-state index contributed by atoms with van der Waals surface area (Å²) < 4.78 is 6.54. The lowest BCUT2D eigenvalue weighted by molar-refractivity contribution is -0.142. The minimum Gasteiger partial charge on any atom is -0.480 e. The van der Waals surface area contributed by atoms with E-state index in [2.05, 4.69) is 39.2 Å². The summed E-state index contributed by atoms with van der Waals surface area (Å²) in [5, 5.41) is 13.6. The van der Waals surface area contributed by atoms with E-state index in [9.17, 15) is 19.5 Å². The summed E-state index contributed by atoms with van der Waals surface area (Å²) in [7, 11) is -0.684. The van der Waals surface area contributed by atoms with Gasteiger partial charge in [-0.3, -0.25) is 9.63 Å². The summed E-state index contributed by atoms with van der Waals surface area (Å²) in [5.41, 5.74) is 0. The number of carbonyl (C=O) groups excluding carboxylic acids is 2. The van der Waals surface area contributed by atoms with E-state index in [0.29, 0.717) is 25.8 Å². The van der Waals surface area contributed by atoms with Gasteiger partial charge in [0.2, 0.25) is 5.91 Å². The van der Waals surface area contributed by atoms with Crippen molar-refractivity contribution in [2.24, 2.45) is 0 Å². The number of nitrogens with one attached hydrogen (secondary N) is 1. The van der Waals surface area contributed by atoms with Crippen molar-refractivity contribution < 1.29 is 28.8 Å². The van der Waals surface area contributed by atoms with Crippen LogP contribution in [0.5, 0.6) is 0 Å². The molecule has 10 heteroatoms. The van der Waals surface area contributed by atoms with E-state index in [1.165, 1.54) is 17.1 Å². The molecule has 0 aromatic rings. The largest absolute Gasteiger partial charge is 0.480 e. The SMILES string of the molecule is CON1CCCCCC=CCCC(C(=O)O)NC(=O)C2CC(O[Si](C)(C)C(C)(C)C)CN2C1=O. The smallest absolute Gasteiger partial charge is 0.344 e. The van der Waals surface area contributed by atoms with Crippen molar-refractivity contribution in [1.29, 1.82) is 0 Å². The quantitative estimate of drug-likeness (QED) is 0.450. The third-order valence-electron chi connectivity index (χ3n) is 7.15. The number of amides is 3. The molecule has 0 aromatic heterocycles. The van der Waals surface area contributed by atoms with Gasteiger partial charge >= 0.3 is 12.0 Å². The molecular weight excluding hydrogens is 454 g/mol. The minimum absolute atomic E-state index is 0.0189. The molecule has 0 aliphatic carbocycles. The second-order valence-electron chi connectivity index (χ2n) is 10.8. The lowest BCUT2D eigenvalue weighted by Gasteiger charge is -2.38. The van der Waals surface area contributed by atoms with Crippen LogP contribution in [-0.4, -0.2) is 79.7 Å². The Morgan fingerprint density at radius 2 is 1.82 bits per heavy atom. The number of allylic oxidation sites excluding steroid dienone is 2. The Bertz CT molecular complexity index is 751. The first-order chi connectivity index (χ1) is 15.9. The van der Waals surface area contributed by atoms with Crippen molar-refractivity contribution in [1.82, 2.24) is 15.3 Å². The van der Waals surface area contributed by atoms with Gasteiger partial charge in [0.05, 0.1) is 19.8 Å². The molecule has 0 saturated carbocycles. The summed E-state index contributed by atoms with van der Waals surface area (Å²) in [4.78, 5) is 45.3. The molecule has 0 radical (unpaired) electrons. The summed E-state index contributed by atoms with van der Waals surface area (Å²) in [6, 6.07) is -2.21. The zero-order chi connectivity index (χ0) is 25.5. The molecule has 2 heterocycles. The fourth-order valence-corrected chi connectivity index (χ4v) is 5.42. The van der Waals surface area contributed by atoms with E-state index >= 15 is 0 Å². The van der Waals surface area contributed by atoms with Crippen LogP contribution in [0.3, 0.4) is 0 Å². The van der Waals surface area contributed by atoms with Crippen LogP contribution in [-0.2, 0) is 18.9 Å². The summed E-state index contributed by atoms with van der Waals surface area (Å²) in [5.74, 6) is -1.54. The van der Waals surface area contributed by atoms with Crippen LogP contribution >= 0.6 is 0 Å². The van der Waals surface area contributed by atoms with E-state index in [1.807, 2.05) is 12.2 Å². The standard InChI is InChI=1S/C24H43N3O6Si/c1-24(2,3)34(5,6)33-18-16-20-21(28)25-19(22(29)30)14-12-10-8-7-9-11-13-15-27(32-4)23(31)26(20)17-18/h8,10,18-20H,7,9,11-17H2,1-6H3,(H,25,28)(H,29,30). The zero-order valence-corrected chi connectivity index (χ0v) is 22.6. The molecule has 0 aromatic carbocycles. The number of hydrogen-bond donors (Lipinski definition) is 2. The van der Waals surface area contributed by atoms with Crippen molar-refractivity contribution in [3.05, 3.63) is 12.2 Å². The topological polar surface area (TPSA) is 108 Å². The van der Waals surface area contributed by atoms with E-state index in [0.717, 1.165) is 25.7 Å². The number of rotatable bonds is 4. The molecule has 0 bridgehead atoms. The van der Waals surface area contributed by atoms with Gasteiger partial charge in [0, 0.05) is 13.0 Å². The first-order valence-corrected chi connectivity index (χ1v) is 15.3. The number of fused-ring (bicyclic) bond motifs is 1. The van der Waals surface area contributed by atoms with Crippen LogP contribution in [0.2, 0.25) is 18.1 Å². The van der Waals surface area contributed by atoms with Crippen LogP contribution in [0.1, 0.15) is 65.7 Å². The number of aliphatic carboxylic acids is 1. The van der Waals surface area contributed by atoms with Crippen molar-refractivity contribution >= 4 is 26.2 Å². The van der Waals surface area contributed by atoms with Gasteiger partial charge in [-0.15, -0.1) is 0 Å². The van der Waals surface area contributed by atoms with E-state index < -0.39 is 32.3 Å². The fraction of sp³-hybridized carbons (Fsp3) is 0.792. The van der Waals surface area contributed by atoms with E-state index in [4.69, 9.17) is 9.26 Å². The molecule has 3 amide bonds. The van der Waals surface area contributed by atoms with Gasteiger partial charge in [0.15, 0.2) is 8.32 Å². The van der Waals surface area contributed by atoms with Gasteiger partial charge in [-0.2, -0.15) is 0 Å². The van der Waals surface area contributed by atoms with Crippen LogP contribution in [0.4, 0.5) is 4.79 Å². The first kappa shape index (κ1) is 28.3. The summed E-state index contributed by atoms with van der Waals surface area (Å²) >= 11 is 0. The maximum absolute atomic E-state index is 13.4. The molecule has 3 atom stereocenters. The number of nitrogens with zero attached hydrogens (tertiary/aromatic N) is 2. The van der Waals surface area contributed by atoms with Gasteiger partial charge in [-0.25, -0.2) is 14.7 Å². The molecule has 2 rings (SSSR count). The Balaban J connectivity index is 2.30. The van der Waals surface area contributed by atoms with Crippen molar-refractivity contribution in [3.8, 4) is 0 Å². The minimum atomic E-state index is -2.14. The van der Waals surface area contributed by atoms with Gasteiger partial charge < -0.3 is 19.7 Å². The first-order valence-electron chi connectivity index (χ1n) is 12.4. The van der Waals surface area contributed by atoms with E-state index in [-0.39, 0.29) is 23.7 Å². The number of carboxylic acids is 1. The molecule has 2 aliphatic rings. The Hall–Kier alpha value is -1.91. The monoisotopic (exact) mass is 497 g/mol. The van der Waals surface area contributed by atoms with Crippen LogP contribution in [0, 0.1) is 0 Å². The van der Waals surface area contributed by atoms with Gasteiger partial charge in [0.1, 0.15) is 12.1 Å². The normalized spacial score (nSPS) is 26.4. The molecule has 0 spiro atoms. The highest BCUT2D eigenvalue weighted by Crippen LogP contribution is 2.39. The number of carboxylic acid groups (broad SMARTS) is 1. The van der Waals surface area contributed by atoms with E-state index in [1.54, 1.807) is 0 Å². The van der Waals surface area contributed by atoms with Crippen molar-refractivity contribution in [2.45, 2.75) is 102 Å². The lowest BCUT2D eigenvalue weighted by atomic mass is 10.1. The predicted molar refractivity (Wildman–Crippen MR) is 133 cm³/mol. The second kappa shape index (κ2) is 12.2. The maximum Gasteiger partial charge on any atom is 0.344 e. The van der Waals surface area contributed by atoms with Crippen LogP contribution in [0.25, 0.3) is 0 Å². The second-order valence-corrected chi connectivity index (χ2v) is 15.5. The Morgan fingerprint density at radius 1 is 1.15 bits per heavy atom. The highest BCUT2D eigenvalue weighted by atomic mass is 28.4. The molecule has 2 aliphatic heterocycles. The third kappa shape index (κ3) is 7.54. The summed E-state index contributed by atoms with van der Waals surface area (Å²) in [6.45, 7) is 11.4. The van der Waals surface area contributed by atoms with Crippen molar-refractivity contribution in [2.75, 3.05) is 20.2 Å². The van der Waals surface area contributed by atoms with Gasteiger partial charge in [-0.05, 0) is 50.2 Å². The average molecular weight is 498 g/mol. The van der Waals surface area contributed by atoms with Gasteiger partial charge in [0.25, 0.3) is 0 Å². The molecule has 3 unspecified atom stereocenters. The number of carbonyl (C=O) groups is 3. The highest BCUT2D eigenvalue weighted by Gasteiger charge is 2.46. The molecule has 1 saturated heterocycles. The fourth-order valence-electron chi connectivity index (χ4n) is 4.06. The molecule has 2 N–H and O–H groups in total. The molecule has 9 nitrogen and oxygen atoms in total. The maximum atomic E-state index is 13.4. The molecule has 34 heavy (non-hydrogen) atoms. The molecule has 1 fully saturated rings. The highest BCUT2D eigenvalue weighted by molar-refractivity contribution is 6.74. The average Bonchev–Trinajstić information content (AvgIpc) is 3.15. The number of urea groups is 1. The Morgan fingerprint density at radius 3 is 2.44 bits per heavy atom. The number of hydrogen-bond acceptors (Lipinski definition) is 5. The third-order valence-corrected chi connectivity index (χ3v) is 11.7. The van der Waals surface area contributed by atoms with Crippen LogP contribution in [0.15, 0.2) is 12.2 Å². The van der Waals surface area contributed by atoms with Crippen molar-refractivity contribution in [3.63, 3.8) is 0 Å².